The van der Waals surface area contributed by atoms with E-state index in [1.54, 1.807) is 10.4 Å². The lowest BCUT2D eigenvalue weighted by Crippen LogP contribution is -2.48. The first-order chi connectivity index (χ1) is 11.9. The van der Waals surface area contributed by atoms with E-state index in [4.69, 9.17) is 0 Å². The lowest BCUT2D eigenvalue weighted by Gasteiger charge is -2.34. The summed E-state index contributed by atoms with van der Waals surface area (Å²) in [6, 6.07) is 13.9. The number of hydrogen-bond donors (Lipinski definition) is 0. The molecule has 134 valence electrons. The highest BCUT2D eigenvalue weighted by Gasteiger charge is 2.29. The largest absolute Gasteiger partial charge is 0.296 e. The minimum atomic E-state index is -3.41. The lowest BCUT2D eigenvalue weighted by molar-refractivity contribution is 0.181. The summed E-state index contributed by atoms with van der Waals surface area (Å²) in [4.78, 5) is 2.77. The van der Waals surface area contributed by atoms with E-state index in [0.717, 1.165) is 30.8 Å². The van der Waals surface area contributed by atoms with Crippen LogP contribution in [0.5, 0.6) is 0 Å². The summed E-state index contributed by atoms with van der Waals surface area (Å²) in [6.45, 7) is 9.46. The fourth-order valence-corrected chi connectivity index (χ4v) is 5.01. The van der Waals surface area contributed by atoms with Crippen molar-refractivity contribution in [3.05, 3.63) is 64.7 Å². The molecule has 0 aromatic heterocycles. The number of rotatable bonds is 4. The normalized spacial score (nSPS) is 16.9. The molecular formula is C20H26N2O2S. The summed E-state index contributed by atoms with van der Waals surface area (Å²) < 4.78 is 27.5. The zero-order chi connectivity index (χ0) is 18.0. The van der Waals surface area contributed by atoms with Crippen molar-refractivity contribution in [2.45, 2.75) is 32.2 Å². The first kappa shape index (κ1) is 18.1. The van der Waals surface area contributed by atoms with Crippen molar-refractivity contribution in [3.63, 3.8) is 0 Å². The van der Waals surface area contributed by atoms with Crippen LogP contribution in [0.3, 0.4) is 0 Å². The Hall–Kier alpha value is -1.69. The van der Waals surface area contributed by atoms with Gasteiger partial charge in [0.1, 0.15) is 0 Å². The highest BCUT2D eigenvalue weighted by molar-refractivity contribution is 7.89. The fourth-order valence-electron chi connectivity index (χ4n) is 3.38. The zero-order valence-electron chi connectivity index (χ0n) is 15.2. The molecule has 0 atom stereocenters. The van der Waals surface area contributed by atoms with Gasteiger partial charge >= 0.3 is 0 Å². The van der Waals surface area contributed by atoms with E-state index in [0.29, 0.717) is 18.0 Å². The maximum absolute atomic E-state index is 12.9. The smallest absolute Gasteiger partial charge is 0.243 e. The Morgan fingerprint density at radius 3 is 2.20 bits per heavy atom. The van der Waals surface area contributed by atoms with E-state index in [1.165, 1.54) is 11.1 Å². The minimum Gasteiger partial charge on any atom is -0.296 e. The summed E-state index contributed by atoms with van der Waals surface area (Å²) in [5.41, 5.74) is 4.50. The van der Waals surface area contributed by atoms with Crippen LogP contribution in [0.4, 0.5) is 0 Å². The number of hydrogen-bond acceptors (Lipinski definition) is 3. The summed E-state index contributed by atoms with van der Waals surface area (Å²) >= 11 is 0. The Balaban J connectivity index is 1.68. The summed E-state index contributed by atoms with van der Waals surface area (Å²) in [5, 5.41) is 0. The molecule has 0 N–H and O–H groups in total. The molecule has 1 aliphatic heterocycles. The molecule has 0 spiro atoms. The number of aryl methyl sites for hydroxylation is 3. The number of piperazine rings is 1. The maximum Gasteiger partial charge on any atom is 0.243 e. The lowest BCUT2D eigenvalue weighted by atomic mass is 10.1. The molecule has 1 saturated heterocycles. The predicted molar refractivity (Wildman–Crippen MR) is 101 cm³/mol. The number of sulfonamides is 1. The maximum atomic E-state index is 12.9. The molecule has 0 aliphatic carbocycles. The van der Waals surface area contributed by atoms with Crippen LogP contribution in [0, 0.1) is 20.8 Å². The Morgan fingerprint density at radius 2 is 1.56 bits per heavy atom. The Labute approximate surface area is 151 Å². The van der Waals surface area contributed by atoms with Crippen molar-refractivity contribution in [1.82, 2.24) is 9.21 Å². The molecular weight excluding hydrogens is 332 g/mol. The molecule has 1 heterocycles. The van der Waals surface area contributed by atoms with E-state index in [1.807, 2.05) is 32.0 Å². The van der Waals surface area contributed by atoms with Crippen LogP contribution in [0.2, 0.25) is 0 Å². The summed E-state index contributed by atoms with van der Waals surface area (Å²) in [7, 11) is -3.41. The molecule has 0 radical (unpaired) electrons. The van der Waals surface area contributed by atoms with E-state index in [2.05, 4.69) is 30.0 Å². The first-order valence-electron chi connectivity index (χ1n) is 8.72. The second-order valence-electron chi connectivity index (χ2n) is 6.88. The third-order valence-electron chi connectivity index (χ3n) is 4.93. The van der Waals surface area contributed by atoms with Crippen LogP contribution in [-0.2, 0) is 16.6 Å². The third-order valence-corrected chi connectivity index (χ3v) is 6.99. The fraction of sp³-hybridized carbons (Fsp3) is 0.400. The SMILES string of the molecule is Cc1ccc(S(=O)(=O)N2CCN(Cc3ccccc3C)CC2)c(C)c1. The van der Waals surface area contributed by atoms with Crippen molar-refractivity contribution in [3.8, 4) is 0 Å². The molecule has 2 aromatic carbocycles. The van der Waals surface area contributed by atoms with Gasteiger partial charge in [0.05, 0.1) is 4.90 Å². The van der Waals surface area contributed by atoms with Gasteiger partial charge in [-0.3, -0.25) is 4.90 Å². The van der Waals surface area contributed by atoms with Gasteiger partial charge in [0, 0.05) is 32.7 Å². The van der Waals surface area contributed by atoms with Crippen molar-refractivity contribution in [2.24, 2.45) is 0 Å². The van der Waals surface area contributed by atoms with E-state index >= 15 is 0 Å². The van der Waals surface area contributed by atoms with E-state index in [9.17, 15) is 8.42 Å². The van der Waals surface area contributed by atoms with Crippen LogP contribution >= 0.6 is 0 Å². The number of benzene rings is 2. The van der Waals surface area contributed by atoms with Crippen LogP contribution in [0.15, 0.2) is 47.4 Å². The average molecular weight is 359 g/mol. The predicted octanol–water partition coefficient (Wildman–Crippen LogP) is 3.12. The van der Waals surface area contributed by atoms with Crippen LogP contribution in [0.1, 0.15) is 22.3 Å². The molecule has 0 saturated carbocycles. The molecule has 1 aliphatic rings. The molecule has 1 fully saturated rings. The molecule has 4 nitrogen and oxygen atoms in total. The van der Waals surface area contributed by atoms with Gasteiger partial charge in [0.25, 0.3) is 0 Å². The van der Waals surface area contributed by atoms with Gasteiger partial charge in [-0.05, 0) is 43.5 Å². The van der Waals surface area contributed by atoms with Crippen molar-refractivity contribution >= 4 is 10.0 Å². The molecule has 0 bridgehead atoms. The molecule has 0 amide bonds. The molecule has 5 heteroatoms. The van der Waals surface area contributed by atoms with E-state index < -0.39 is 10.0 Å². The van der Waals surface area contributed by atoms with Crippen molar-refractivity contribution in [1.29, 1.82) is 0 Å². The van der Waals surface area contributed by atoms with Gasteiger partial charge in [-0.2, -0.15) is 4.31 Å². The molecule has 25 heavy (non-hydrogen) atoms. The summed E-state index contributed by atoms with van der Waals surface area (Å²) in [5.74, 6) is 0. The van der Waals surface area contributed by atoms with Gasteiger partial charge < -0.3 is 0 Å². The van der Waals surface area contributed by atoms with E-state index in [-0.39, 0.29) is 0 Å². The van der Waals surface area contributed by atoms with Crippen LogP contribution in [-0.4, -0.2) is 43.8 Å². The highest BCUT2D eigenvalue weighted by atomic mass is 32.2. The van der Waals surface area contributed by atoms with Crippen molar-refractivity contribution in [2.75, 3.05) is 26.2 Å². The first-order valence-corrected chi connectivity index (χ1v) is 10.2. The molecule has 2 aromatic rings. The molecule has 0 unspecified atom stereocenters. The monoisotopic (exact) mass is 358 g/mol. The van der Waals surface area contributed by atoms with Gasteiger partial charge in [-0.15, -0.1) is 0 Å². The van der Waals surface area contributed by atoms with Gasteiger partial charge in [0.15, 0.2) is 0 Å². The zero-order valence-corrected chi connectivity index (χ0v) is 16.0. The quantitative estimate of drug-likeness (QED) is 0.843. The minimum absolute atomic E-state index is 0.436. The van der Waals surface area contributed by atoms with Crippen molar-refractivity contribution < 1.29 is 8.42 Å². The van der Waals surface area contributed by atoms with Gasteiger partial charge in [-0.1, -0.05) is 42.0 Å². The van der Waals surface area contributed by atoms with Crippen LogP contribution < -0.4 is 0 Å². The Bertz CT molecular complexity index is 854. The second kappa shape index (κ2) is 7.28. The third kappa shape index (κ3) is 3.94. The van der Waals surface area contributed by atoms with Crippen LogP contribution in [0.25, 0.3) is 0 Å². The Kier molecular flexibility index (Phi) is 5.27. The number of nitrogens with zero attached hydrogens (tertiary/aromatic N) is 2. The Morgan fingerprint density at radius 1 is 0.880 bits per heavy atom. The summed E-state index contributed by atoms with van der Waals surface area (Å²) in [6.07, 6.45) is 0. The average Bonchev–Trinajstić information content (AvgIpc) is 2.57. The van der Waals surface area contributed by atoms with Gasteiger partial charge in [-0.25, -0.2) is 8.42 Å². The molecule has 3 rings (SSSR count). The topological polar surface area (TPSA) is 40.6 Å². The highest BCUT2D eigenvalue weighted by Crippen LogP contribution is 2.22. The van der Waals surface area contributed by atoms with Gasteiger partial charge in [0.2, 0.25) is 10.0 Å². The standard InChI is InChI=1S/C20H26N2O2S/c1-16-8-9-20(18(3)14-16)25(23,24)22-12-10-21(11-13-22)15-19-7-5-4-6-17(19)2/h4-9,14H,10-13,15H2,1-3H3. The second-order valence-corrected chi connectivity index (χ2v) is 8.78.